The SMILES string of the molecule is CC1SC(=O)N[C@H]1O. The molecule has 1 aliphatic rings. The molecule has 8 heavy (non-hydrogen) atoms. The largest absolute Gasteiger partial charge is 0.373 e. The summed E-state index contributed by atoms with van der Waals surface area (Å²) >= 11 is 1.13. The van der Waals surface area contributed by atoms with E-state index in [9.17, 15) is 4.79 Å². The van der Waals surface area contributed by atoms with Crippen molar-refractivity contribution in [1.82, 2.24) is 5.32 Å². The fourth-order valence-corrected chi connectivity index (χ4v) is 1.23. The van der Waals surface area contributed by atoms with Crippen molar-refractivity contribution in [3.05, 3.63) is 0 Å². The van der Waals surface area contributed by atoms with E-state index in [0.29, 0.717) is 0 Å². The van der Waals surface area contributed by atoms with Gasteiger partial charge in [0.2, 0.25) is 0 Å². The van der Waals surface area contributed by atoms with Gasteiger partial charge in [0.1, 0.15) is 6.23 Å². The molecule has 1 rings (SSSR count). The third-order valence-corrected chi connectivity index (χ3v) is 1.96. The topological polar surface area (TPSA) is 49.3 Å². The van der Waals surface area contributed by atoms with Crippen molar-refractivity contribution in [3.8, 4) is 0 Å². The van der Waals surface area contributed by atoms with Gasteiger partial charge in [-0.2, -0.15) is 0 Å². The molecule has 0 bridgehead atoms. The van der Waals surface area contributed by atoms with Gasteiger partial charge in [0, 0.05) is 0 Å². The quantitative estimate of drug-likeness (QED) is 0.494. The van der Waals surface area contributed by atoms with E-state index in [-0.39, 0.29) is 10.5 Å². The van der Waals surface area contributed by atoms with Crippen LogP contribution in [0.25, 0.3) is 0 Å². The van der Waals surface area contributed by atoms with Crippen molar-refractivity contribution in [3.63, 3.8) is 0 Å². The molecule has 1 heterocycles. The summed E-state index contributed by atoms with van der Waals surface area (Å²) in [5, 5.41) is 11.0. The molecular formula is C4H7NO2S. The normalized spacial score (nSPS) is 37.5. The van der Waals surface area contributed by atoms with Gasteiger partial charge in [-0.15, -0.1) is 0 Å². The molecule has 4 heteroatoms. The third-order valence-electron chi connectivity index (χ3n) is 1.00. The Morgan fingerprint density at radius 1 is 1.88 bits per heavy atom. The Kier molecular flexibility index (Phi) is 1.44. The Hall–Kier alpha value is -0.220. The Bertz CT molecular complexity index is 105. The number of thioether (sulfide) groups is 1. The number of rotatable bonds is 0. The minimum absolute atomic E-state index is 0.00231. The first-order valence-corrected chi connectivity index (χ1v) is 3.23. The molecule has 1 saturated heterocycles. The second-order valence-electron chi connectivity index (χ2n) is 1.70. The van der Waals surface area contributed by atoms with Crippen LogP contribution < -0.4 is 5.32 Å². The van der Waals surface area contributed by atoms with Crippen LogP contribution in [0, 0.1) is 0 Å². The van der Waals surface area contributed by atoms with Gasteiger partial charge in [0.05, 0.1) is 5.25 Å². The van der Waals surface area contributed by atoms with E-state index in [1.165, 1.54) is 0 Å². The van der Waals surface area contributed by atoms with E-state index in [1.54, 1.807) is 6.92 Å². The second kappa shape index (κ2) is 1.95. The van der Waals surface area contributed by atoms with Gasteiger partial charge < -0.3 is 10.4 Å². The maximum Gasteiger partial charge on any atom is 0.281 e. The summed E-state index contributed by atoms with van der Waals surface area (Å²) in [6.45, 7) is 1.80. The van der Waals surface area contributed by atoms with E-state index in [0.717, 1.165) is 11.8 Å². The van der Waals surface area contributed by atoms with Crippen molar-refractivity contribution in [2.24, 2.45) is 0 Å². The Morgan fingerprint density at radius 2 is 2.50 bits per heavy atom. The molecule has 0 spiro atoms. The summed E-state index contributed by atoms with van der Waals surface area (Å²) in [5.41, 5.74) is 0. The lowest BCUT2D eigenvalue weighted by Crippen LogP contribution is -2.28. The van der Waals surface area contributed by atoms with E-state index < -0.39 is 6.23 Å². The van der Waals surface area contributed by atoms with E-state index in [4.69, 9.17) is 5.11 Å². The summed E-state index contributed by atoms with van der Waals surface area (Å²) < 4.78 is 0. The van der Waals surface area contributed by atoms with Gasteiger partial charge >= 0.3 is 0 Å². The monoisotopic (exact) mass is 133 g/mol. The van der Waals surface area contributed by atoms with E-state index >= 15 is 0 Å². The number of amides is 1. The molecule has 46 valence electrons. The standard InChI is InChI=1S/C4H7NO2S/c1-2-3(6)5-4(7)8-2/h2-3,6H,1H3,(H,5,7)/t2?,3-/m0/s1. The summed E-state index contributed by atoms with van der Waals surface area (Å²) in [6, 6.07) is 0. The fraction of sp³-hybridized carbons (Fsp3) is 0.750. The Labute approximate surface area is 51.5 Å². The molecule has 0 aliphatic carbocycles. The molecule has 1 fully saturated rings. The molecule has 0 aromatic carbocycles. The van der Waals surface area contributed by atoms with Crippen LogP contribution in [0.4, 0.5) is 4.79 Å². The molecule has 0 saturated carbocycles. The van der Waals surface area contributed by atoms with Gasteiger partial charge in [-0.05, 0) is 6.92 Å². The van der Waals surface area contributed by atoms with E-state index in [2.05, 4.69) is 5.32 Å². The number of carbonyl (C=O) groups is 1. The smallest absolute Gasteiger partial charge is 0.281 e. The summed E-state index contributed by atoms with van der Waals surface area (Å²) in [7, 11) is 0. The first-order valence-electron chi connectivity index (χ1n) is 2.35. The molecule has 1 unspecified atom stereocenters. The maximum absolute atomic E-state index is 10.4. The zero-order valence-electron chi connectivity index (χ0n) is 4.42. The van der Waals surface area contributed by atoms with Crippen molar-refractivity contribution < 1.29 is 9.90 Å². The zero-order chi connectivity index (χ0) is 6.15. The average molecular weight is 133 g/mol. The number of hydrogen-bond acceptors (Lipinski definition) is 3. The van der Waals surface area contributed by atoms with Crippen LogP contribution in [0.1, 0.15) is 6.92 Å². The van der Waals surface area contributed by atoms with E-state index in [1.807, 2.05) is 0 Å². The minimum Gasteiger partial charge on any atom is -0.373 e. The lowest BCUT2D eigenvalue weighted by molar-refractivity contribution is 0.156. The molecule has 3 nitrogen and oxygen atoms in total. The van der Waals surface area contributed by atoms with Crippen LogP contribution in [-0.4, -0.2) is 21.8 Å². The highest BCUT2D eigenvalue weighted by Crippen LogP contribution is 2.20. The molecule has 0 aromatic heterocycles. The number of hydrogen-bond donors (Lipinski definition) is 2. The lowest BCUT2D eigenvalue weighted by atomic mass is 10.4. The molecule has 2 atom stereocenters. The van der Waals surface area contributed by atoms with Crippen LogP contribution in [0.3, 0.4) is 0 Å². The Morgan fingerprint density at radius 3 is 2.62 bits per heavy atom. The number of aliphatic hydroxyl groups excluding tert-OH is 1. The highest BCUT2D eigenvalue weighted by atomic mass is 32.2. The molecule has 2 N–H and O–H groups in total. The number of aliphatic hydroxyl groups is 1. The van der Waals surface area contributed by atoms with Gasteiger partial charge in [0.15, 0.2) is 0 Å². The summed E-state index contributed by atoms with van der Waals surface area (Å²) in [5.74, 6) is 0. The predicted molar refractivity (Wildman–Crippen MR) is 31.6 cm³/mol. The van der Waals surface area contributed by atoms with Crippen LogP contribution in [0.15, 0.2) is 0 Å². The van der Waals surface area contributed by atoms with Gasteiger partial charge in [-0.25, -0.2) is 0 Å². The summed E-state index contributed by atoms with van der Waals surface area (Å²) in [6.07, 6.45) is -0.646. The van der Waals surface area contributed by atoms with Crippen molar-refractivity contribution >= 4 is 17.0 Å². The lowest BCUT2D eigenvalue weighted by Gasteiger charge is -2.02. The van der Waals surface area contributed by atoms with Gasteiger partial charge in [-0.3, -0.25) is 4.79 Å². The average Bonchev–Trinajstić information content (AvgIpc) is 1.85. The number of carbonyl (C=O) groups excluding carboxylic acids is 1. The highest BCUT2D eigenvalue weighted by Gasteiger charge is 2.26. The highest BCUT2D eigenvalue weighted by molar-refractivity contribution is 8.14. The van der Waals surface area contributed by atoms with Crippen molar-refractivity contribution in [2.75, 3.05) is 0 Å². The Balaban J connectivity index is 2.51. The molecule has 0 radical (unpaired) electrons. The second-order valence-corrected chi connectivity index (χ2v) is 3.05. The van der Waals surface area contributed by atoms with Crippen molar-refractivity contribution in [1.29, 1.82) is 0 Å². The zero-order valence-corrected chi connectivity index (χ0v) is 5.23. The molecule has 1 aliphatic heterocycles. The molecule has 0 aromatic rings. The van der Waals surface area contributed by atoms with Crippen molar-refractivity contribution in [2.45, 2.75) is 18.4 Å². The molecular weight excluding hydrogens is 126 g/mol. The summed E-state index contributed by atoms with van der Waals surface area (Å²) in [4.78, 5) is 10.4. The van der Waals surface area contributed by atoms with Crippen LogP contribution in [-0.2, 0) is 0 Å². The number of nitrogens with one attached hydrogen (secondary N) is 1. The van der Waals surface area contributed by atoms with Crippen LogP contribution in [0.2, 0.25) is 0 Å². The first kappa shape index (κ1) is 5.91. The van der Waals surface area contributed by atoms with Crippen LogP contribution >= 0.6 is 11.8 Å². The fourth-order valence-electron chi connectivity index (χ4n) is 0.505. The van der Waals surface area contributed by atoms with Crippen LogP contribution in [0.5, 0.6) is 0 Å². The third kappa shape index (κ3) is 0.952. The molecule has 1 amide bonds. The first-order chi connectivity index (χ1) is 3.70. The van der Waals surface area contributed by atoms with Gasteiger partial charge in [-0.1, -0.05) is 11.8 Å². The predicted octanol–water partition coefficient (Wildman–Crippen LogP) is 0.150. The van der Waals surface area contributed by atoms with Gasteiger partial charge in [0.25, 0.3) is 5.24 Å². The minimum atomic E-state index is -0.646. The maximum atomic E-state index is 10.4.